The van der Waals surface area contributed by atoms with Crippen LogP contribution in [-0.4, -0.2) is 88.0 Å². The van der Waals surface area contributed by atoms with Crippen LogP contribution in [-0.2, 0) is 25.0 Å². The Balaban J connectivity index is 1.08. The summed E-state index contributed by atoms with van der Waals surface area (Å²) in [7, 11) is 1.84. The zero-order chi connectivity index (χ0) is 37.9. The zero-order valence-corrected chi connectivity index (χ0v) is 31.4. The van der Waals surface area contributed by atoms with E-state index in [4.69, 9.17) is 24.3 Å². The molecule has 4 heterocycles. The topological polar surface area (TPSA) is 85.2 Å². The van der Waals surface area contributed by atoms with Crippen LogP contribution in [0.4, 0.5) is 19.3 Å². The van der Waals surface area contributed by atoms with E-state index in [-0.39, 0.29) is 12.6 Å². The van der Waals surface area contributed by atoms with Gasteiger partial charge in [0.2, 0.25) is 11.8 Å². The van der Waals surface area contributed by atoms with Gasteiger partial charge in [-0.25, -0.2) is 13.6 Å². The number of alkyl halides is 2. The van der Waals surface area contributed by atoms with E-state index in [0.29, 0.717) is 81.1 Å². The predicted octanol–water partition coefficient (Wildman–Crippen LogP) is 7.81. The van der Waals surface area contributed by atoms with Gasteiger partial charge in [0.25, 0.3) is 5.92 Å². The molecule has 2 aliphatic heterocycles. The molecule has 2 fully saturated rings. The van der Waals surface area contributed by atoms with E-state index in [1.54, 1.807) is 20.5 Å². The second-order valence-corrected chi connectivity index (χ2v) is 15.1. The van der Waals surface area contributed by atoms with Gasteiger partial charge in [0.05, 0.1) is 23.3 Å². The molecule has 54 heavy (non-hydrogen) atoms. The van der Waals surface area contributed by atoms with Gasteiger partial charge in [-0.3, -0.25) is 9.58 Å². The van der Waals surface area contributed by atoms with Gasteiger partial charge in [-0.15, -0.1) is 0 Å². The normalized spacial score (nSPS) is 17.8. The summed E-state index contributed by atoms with van der Waals surface area (Å²) in [6.07, 6.45) is -0.0167. The Kier molecular flexibility index (Phi) is 10.7. The van der Waals surface area contributed by atoms with E-state index in [0.717, 1.165) is 22.0 Å². The summed E-state index contributed by atoms with van der Waals surface area (Å²) in [6.45, 7) is 8.53. The molecule has 1 atom stereocenters. The molecule has 2 aromatic heterocycles. The Morgan fingerprint density at radius 3 is 2.15 bits per heavy atom. The molecule has 0 aliphatic carbocycles. The van der Waals surface area contributed by atoms with Crippen LogP contribution in [0.5, 0.6) is 11.8 Å². The highest BCUT2D eigenvalue weighted by atomic mass is 19.3. The van der Waals surface area contributed by atoms with Crippen molar-refractivity contribution in [2.45, 2.75) is 51.9 Å². The number of carbonyl (C=O) groups excluding carboxylic acids is 1. The van der Waals surface area contributed by atoms with Crippen molar-refractivity contribution in [1.82, 2.24) is 24.6 Å². The van der Waals surface area contributed by atoms with Crippen molar-refractivity contribution < 1.29 is 27.8 Å². The summed E-state index contributed by atoms with van der Waals surface area (Å²) >= 11 is 0. The van der Waals surface area contributed by atoms with E-state index >= 15 is 8.78 Å². The molecule has 284 valence electrons. The first-order valence-corrected chi connectivity index (χ1v) is 18.6. The number of nitrogens with zero attached hydrogens (tertiary/aromatic N) is 6. The highest BCUT2D eigenvalue weighted by Gasteiger charge is 2.46. The Morgan fingerprint density at radius 2 is 1.50 bits per heavy atom. The summed E-state index contributed by atoms with van der Waals surface area (Å²) in [5.74, 6) is -2.92. The van der Waals surface area contributed by atoms with Crippen LogP contribution in [0.25, 0.3) is 22.2 Å². The number of benzene rings is 3. The fourth-order valence-electron chi connectivity index (χ4n) is 7.19. The lowest BCUT2D eigenvalue weighted by Crippen LogP contribution is -2.55. The molecule has 12 heteroatoms. The number of pyridine rings is 1. The molecule has 5 aromatic rings. The number of halogens is 2. The molecule has 3 aromatic carbocycles. The summed E-state index contributed by atoms with van der Waals surface area (Å²) < 4.78 is 51.6. The maximum absolute atomic E-state index is 16.0. The zero-order valence-electron chi connectivity index (χ0n) is 31.4. The molecule has 1 amide bonds. The van der Waals surface area contributed by atoms with Gasteiger partial charge in [-0.2, -0.15) is 10.1 Å². The van der Waals surface area contributed by atoms with E-state index in [1.165, 1.54) is 0 Å². The Labute approximate surface area is 315 Å². The fourth-order valence-corrected chi connectivity index (χ4v) is 7.19. The smallest absolute Gasteiger partial charge is 0.410 e. The predicted molar refractivity (Wildman–Crippen MR) is 205 cm³/mol. The van der Waals surface area contributed by atoms with Crippen molar-refractivity contribution in [2.75, 3.05) is 50.7 Å². The quantitative estimate of drug-likeness (QED) is 0.144. The molecule has 2 aliphatic rings. The number of hydrogen-bond acceptors (Lipinski definition) is 8. The third-order valence-corrected chi connectivity index (χ3v) is 9.97. The van der Waals surface area contributed by atoms with Crippen LogP contribution >= 0.6 is 0 Å². The van der Waals surface area contributed by atoms with Crippen LogP contribution in [0, 0.1) is 5.92 Å². The van der Waals surface area contributed by atoms with Crippen LogP contribution < -0.4 is 14.4 Å². The summed E-state index contributed by atoms with van der Waals surface area (Å²) in [6, 6.07) is 29.2. The molecule has 2 saturated heterocycles. The monoisotopic (exact) mass is 738 g/mol. The summed E-state index contributed by atoms with van der Waals surface area (Å²) in [5, 5.41) is 5.73. The van der Waals surface area contributed by atoms with Crippen LogP contribution in [0.1, 0.15) is 38.3 Å². The summed E-state index contributed by atoms with van der Waals surface area (Å²) in [4.78, 5) is 22.8. The number of piperazine rings is 1. The number of hydrogen-bond donors (Lipinski definition) is 0. The lowest BCUT2D eigenvalue weighted by Gasteiger charge is -2.43. The largest absolute Gasteiger partial charge is 0.473 e. The average molecular weight is 739 g/mol. The number of aryl methyl sites for hydroxylation is 1. The van der Waals surface area contributed by atoms with Crippen molar-refractivity contribution in [3.8, 4) is 23.0 Å². The maximum atomic E-state index is 16.0. The fraction of sp³-hybridized carbons (Fsp3) is 0.405. The third kappa shape index (κ3) is 8.59. The third-order valence-electron chi connectivity index (χ3n) is 9.97. The lowest BCUT2D eigenvalue weighted by atomic mass is 9.91. The van der Waals surface area contributed by atoms with Gasteiger partial charge in [-0.05, 0) is 50.5 Å². The van der Waals surface area contributed by atoms with Crippen LogP contribution in [0.3, 0.4) is 0 Å². The Morgan fingerprint density at radius 1 is 0.833 bits per heavy atom. The van der Waals surface area contributed by atoms with Gasteiger partial charge in [0.15, 0.2) is 0 Å². The maximum Gasteiger partial charge on any atom is 0.410 e. The van der Waals surface area contributed by atoms with Gasteiger partial charge in [0.1, 0.15) is 24.5 Å². The van der Waals surface area contributed by atoms with Gasteiger partial charge in [0, 0.05) is 63.7 Å². The molecule has 0 spiro atoms. The standard InChI is InChI=1S/C42H48F2N6O4/c1-41(2,3)54-40(51)49-24-22-48(23-25-49)26-32-20-21-50(29-42(32,43)44)35-17-11-16-33-37(46-47(4)38(33)35)34-18-19-36(52-27-30-12-7-5-8-13-30)45-39(34)53-28-31-14-9-6-10-15-31/h5-19,32H,20-29H2,1-4H3. The Hall–Kier alpha value is -5.23. The second-order valence-electron chi connectivity index (χ2n) is 15.1. The average Bonchev–Trinajstić information content (AvgIpc) is 3.50. The number of carbonyl (C=O) groups is 1. The Bertz CT molecular complexity index is 2050. The number of para-hydroxylation sites is 1. The molecule has 0 radical (unpaired) electrons. The summed E-state index contributed by atoms with van der Waals surface area (Å²) in [5.41, 5.74) is 4.22. The number of anilines is 1. The number of rotatable bonds is 10. The van der Waals surface area contributed by atoms with Crippen molar-refractivity contribution in [1.29, 1.82) is 0 Å². The first kappa shape index (κ1) is 37.1. The lowest BCUT2D eigenvalue weighted by molar-refractivity contribution is -0.0780. The first-order valence-electron chi connectivity index (χ1n) is 18.6. The van der Waals surface area contributed by atoms with Crippen molar-refractivity contribution >= 4 is 22.7 Å². The minimum Gasteiger partial charge on any atom is -0.473 e. The molecule has 7 rings (SSSR count). The second kappa shape index (κ2) is 15.6. The molecular formula is C42H48F2N6O4. The number of piperidine rings is 1. The minimum atomic E-state index is -2.91. The van der Waals surface area contributed by atoms with E-state index in [2.05, 4.69) is 0 Å². The van der Waals surface area contributed by atoms with E-state index in [1.807, 2.05) is 118 Å². The van der Waals surface area contributed by atoms with Crippen LogP contribution in [0.2, 0.25) is 0 Å². The number of aromatic nitrogens is 3. The molecular weight excluding hydrogens is 690 g/mol. The SMILES string of the molecule is Cn1nc(-c2ccc(OCc3ccccc3)nc2OCc2ccccc2)c2cccc(N3CCC(CN4CCN(C(=O)OC(C)(C)C)CC4)C(F)(F)C3)c21. The van der Waals surface area contributed by atoms with E-state index < -0.39 is 24.0 Å². The van der Waals surface area contributed by atoms with E-state index in [9.17, 15) is 4.79 Å². The van der Waals surface area contributed by atoms with Crippen LogP contribution in [0.15, 0.2) is 91.0 Å². The highest BCUT2D eigenvalue weighted by molar-refractivity contribution is 6.01. The molecule has 0 saturated carbocycles. The molecule has 0 bridgehead atoms. The number of amides is 1. The molecule has 0 N–H and O–H groups in total. The molecule has 10 nitrogen and oxygen atoms in total. The van der Waals surface area contributed by atoms with Crippen molar-refractivity contribution in [3.63, 3.8) is 0 Å². The van der Waals surface area contributed by atoms with Gasteiger partial charge >= 0.3 is 6.09 Å². The highest BCUT2D eigenvalue weighted by Crippen LogP contribution is 2.41. The van der Waals surface area contributed by atoms with Crippen molar-refractivity contribution in [3.05, 3.63) is 102 Å². The minimum absolute atomic E-state index is 0.285. The van der Waals surface area contributed by atoms with Crippen molar-refractivity contribution in [2.24, 2.45) is 13.0 Å². The number of fused-ring (bicyclic) bond motifs is 1. The first-order chi connectivity index (χ1) is 25.9. The van der Waals surface area contributed by atoms with Gasteiger partial charge < -0.3 is 24.0 Å². The number of ether oxygens (including phenoxy) is 3. The molecule has 1 unspecified atom stereocenters. The van der Waals surface area contributed by atoms with Gasteiger partial charge in [-0.1, -0.05) is 72.8 Å².